The van der Waals surface area contributed by atoms with Crippen molar-refractivity contribution >= 4 is 44.1 Å². The first-order valence-corrected chi connectivity index (χ1v) is 7.72. The van der Waals surface area contributed by atoms with Crippen molar-refractivity contribution in [3.63, 3.8) is 0 Å². The molecule has 2 aromatic carbocycles. The van der Waals surface area contributed by atoms with E-state index in [4.69, 9.17) is 16.7 Å². The van der Waals surface area contributed by atoms with Crippen molar-refractivity contribution in [3.8, 4) is 11.3 Å². The quantitative estimate of drug-likeness (QED) is 0.586. The van der Waals surface area contributed by atoms with Gasteiger partial charge >= 0.3 is 5.97 Å². The number of hydrogen-bond donors (Lipinski definition) is 1. The fraction of sp³-hybridized carbons (Fsp3) is 0. The van der Waals surface area contributed by atoms with Crippen molar-refractivity contribution in [1.29, 1.82) is 0 Å². The Bertz CT molecular complexity index is 1020. The number of nitrogens with zero attached hydrogens (tertiary/aromatic N) is 2. The van der Waals surface area contributed by atoms with Crippen LogP contribution in [0.15, 0.2) is 48.7 Å². The van der Waals surface area contributed by atoms with Gasteiger partial charge in [0.1, 0.15) is 0 Å². The molecule has 0 amide bonds. The summed E-state index contributed by atoms with van der Waals surface area (Å²) in [6.07, 6.45) is 1.96. The summed E-state index contributed by atoms with van der Waals surface area (Å²) in [5.41, 5.74) is 3.11. The summed E-state index contributed by atoms with van der Waals surface area (Å²) in [5, 5.41) is 9.75. The highest BCUT2D eigenvalue weighted by molar-refractivity contribution is 7.23. The predicted molar refractivity (Wildman–Crippen MR) is 88.0 cm³/mol. The Morgan fingerprint density at radius 1 is 1.18 bits per heavy atom. The maximum Gasteiger partial charge on any atom is 0.335 e. The molecule has 2 heterocycles. The highest BCUT2D eigenvalue weighted by atomic mass is 35.5. The normalized spacial score (nSPS) is 11.3. The summed E-state index contributed by atoms with van der Waals surface area (Å²) < 4.78 is 2.89. The van der Waals surface area contributed by atoms with Crippen LogP contribution in [0.2, 0.25) is 5.02 Å². The fourth-order valence-corrected chi connectivity index (χ4v) is 3.57. The third-order valence-electron chi connectivity index (χ3n) is 3.48. The number of benzene rings is 2. The molecule has 0 unspecified atom stereocenters. The molecular formula is C16H9ClN2O2S. The molecule has 0 radical (unpaired) electrons. The van der Waals surface area contributed by atoms with E-state index in [1.54, 1.807) is 12.1 Å². The van der Waals surface area contributed by atoms with E-state index in [1.165, 1.54) is 11.3 Å². The topological polar surface area (TPSA) is 54.6 Å². The van der Waals surface area contributed by atoms with Gasteiger partial charge in [-0.3, -0.25) is 4.40 Å². The zero-order chi connectivity index (χ0) is 15.3. The number of fused-ring (bicyclic) bond motifs is 3. The van der Waals surface area contributed by atoms with Crippen LogP contribution < -0.4 is 0 Å². The summed E-state index contributed by atoms with van der Waals surface area (Å²) >= 11 is 7.38. The molecule has 22 heavy (non-hydrogen) atoms. The molecule has 0 bridgehead atoms. The van der Waals surface area contributed by atoms with Gasteiger partial charge in [-0.1, -0.05) is 35.1 Å². The van der Waals surface area contributed by atoms with Gasteiger partial charge in [-0.15, -0.1) is 0 Å². The molecule has 0 atom stereocenters. The van der Waals surface area contributed by atoms with E-state index in [-0.39, 0.29) is 5.56 Å². The molecule has 0 saturated carbocycles. The van der Waals surface area contributed by atoms with Crippen LogP contribution in [0.4, 0.5) is 0 Å². The Balaban J connectivity index is 1.88. The number of imidazole rings is 1. The second-order valence-electron chi connectivity index (χ2n) is 4.88. The SMILES string of the molecule is O=C(O)c1ccc2c(c1)sc1nc(-c3ccc(Cl)cc3)cn12. The molecule has 0 aliphatic carbocycles. The lowest BCUT2D eigenvalue weighted by Gasteiger charge is -1.97. The van der Waals surface area contributed by atoms with E-state index in [0.29, 0.717) is 5.02 Å². The monoisotopic (exact) mass is 328 g/mol. The Morgan fingerprint density at radius 2 is 1.95 bits per heavy atom. The van der Waals surface area contributed by atoms with E-state index in [0.717, 1.165) is 26.4 Å². The van der Waals surface area contributed by atoms with Gasteiger partial charge < -0.3 is 5.11 Å². The third-order valence-corrected chi connectivity index (χ3v) is 4.75. The summed E-state index contributed by atoms with van der Waals surface area (Å²) in [7, 11) is 0. The molecule has 0 aliphatic rings. The molecule has 1 N–H and O–H groups in total. The number of carboxylic acid groups (broad SMARTS) is 1. The fourth-order valence-electron chi connectivity index (χ4n) is 2.39. The minimum absolute atomic E-state index is 0.287. The van der Waals surface area contributed by atoms with Gasteiger partial charge in [0.25, 0.3) is 0 Å². The average molecular weight is 329 g/mol. The number of aromatic carboxylic acids is 1. The van der Waals surface area contributed by atoms with Crippen molar-refractivity contribution < 1.29 is 9.90 Å². The lowest BCUT2D eigenvalue weighted by atomic mass is 10.2. The van der Waals surface area contributed by atoms with Crippen LogP contribution in [0.25, 0.3) is 26.4 Å². The van der Waals surface area contributed by atoms with Gasteiger partial charge in [-0.2, -0.15) is 0 Å². The van der Waals surface area contributed by atoms with Crippen molar-refractivity contribution in [2.45, 2.75) is 0 Å². The molecule has 2 aromatic heterocycles. The van der Waals surface area contributed by atoms with E-state index >= 15 is 0 Å². The van der Waals surface area contributed by atoms with Crippen molar-refractivity contribution in [2.24, 2.45) is 0 Å². The summed E-state index contributed by atoms with van der Waals surface area (Å²) in [6, 6.07) is 12.6. The number of carboxylic acids is 1. The minimum atomic E-state index is -0.921. The molecule has 0 saturated heterocycles. The van der Waals surface area contributed by atoms with Gasteiger partial charge in [-0.05, 0) is 30.3 Å². The Kier molecular flexibility index (Phi) is 2.92. The average Bonchev–Trinajstić information content (AvgIpc) is 3.04. The molecule has 4 aromatic rings. The molecule has 0 fully saturated rings. The second-order valence-corrected chi connectivity index (χ2v) is 6.32. The van der Waals surface area contributed by atoms with Gasteiger partial charge in [-0.25, -0.2) is 9.78 Å². The van der Waals surface area contributed by atoms with Gasteiger partial charge in [0.05, 0.1) is 21.5 Å². The first-order chi connectivity index (χ1) is 10.6. The number of halogens is 1. The standard InChI is InChI=1S/C16H9ClN2O2S/c17-11-4-1-9(2-5-11)12-8-19-13-6-3-10(15(20)21)7-14(13)22-16(19)18-12/h1-8H,(H,20,21). The van der Waals surface area contributed by atoms with Crippen LogP contribution >= 0.6 is 22.9 Å². The van der Waals surface area contributed by atoms with E-state index in [1.807, 2.05) is 40.9 Å². The smallest absolute Gasteiger partial charge is 0.335 e. The number of aromatic nitrogens is 2. The lowest BCUT2D eigenvalue weighted by Crippen LogP contribution is -1.94. The van der Waals surface area contributed by atoms with Crippen LogP contribution in [0, 0.1) is 0 Å². The van der Waals surface area contributed by atoms with Crippen molar-refractivity contribution in [2.75, 3.05) is 0 Å². The first-order valence-electron chi connectivity index (χ1n) is 6.53. The zero-order valence-electron chi connectivity index (χ0n) is 11.2. The summed E-state index contributed by atoms with van der Waals surface area (Å²) in [6.45, 7) is 0. The Hall–Kier alpha value is -2.37. The molecule has 4 nitrogen and oxygen atoms in total. The maximum atomic E-state index is 11.0. The van der Waals surface area contributed by atoms with Crippen LogP contribution in [-0.2, 0) is 0 Å². The largest absolute Gasteiger partial charge is 0.478 e. The van der Waals surface area contributed by atoms with Crippen LogP contribution in [0.3, 0.4) is 0 Å². The molecule has 4 rings (SSSR count). The van der Waals surface area contributed by atoms with Crippen LogP contribution in [0.5, 0.6) is 0 Å². The molecule has 0 spiro atoms. The predicted octanol–water partition coefficient (Wildman–Crippen LogP) is 4.57. The molecule has 6 heteroatoms. The number of carbonyl (C=O) groups is 1. The van der Waals surface area contributed by atoms with Crippen molar-refractivity contribution in [1.82, 2.24) is 9.38 Å². The first kappa shape index (κ1) is 13.3. The van der Waals surface area contributed by atoms with Crippen LogP contribution in [-0.4, -0.2) is 20.5 Å². The number of rotatable bonds is 2. The summed E-state index contributed by atoms with van der Waals surface area (Å²) in [4.78, 5) is 16.5. The number of hydrogen-bond acceptors (Lipinski definition) is 3. The molecule has 0 aliphatic heterocycles. The van der Waals surface area contributed by atoms with Gasteiger partial charge in [0.15, 0.2) is 4.96 Å². The van der Waals surface area contributed by atoms with Crippen molar-refractivity contribution in [3.05, 3.63) is 59.2 Å². The van der Waals surface area contributed by atoms with E-state index in [2.05, 4.69) is 4.98 Å². The third kappa shape index (κ3) is 2.06. The highest BCUT2D eigenvalue weighted by Crippen LogP contribution is 2.30. The summed E-state index contributed by atoms with van der Waals surface area (Å²) in [5.74, 6) is -0.921. The van der Waals surface area contributed by atoms with Crippen LogP contribution in [0.1, 0.15) is 10.4 Å². The zero-order valence-corrected chi connectivity index (χ0v) is 12.7. The maximum absolute atomic E-state index is 11.0. The van der Waals surface area contributed by atoms with E-state index in [9.17, 15) is 4.79 Å². The van der Waals surface area contributed by atoms with Gasteiger partial charge in [0, 0.05) is 16.8 Å². The lowest BCUT2D eigenvalue weighted by molar-refractivity contribution is 0.0697. The Morgan fingerprint density at radius 3 is 2.68 bits per heavy atom. The number of thiazole rings is 1. The Labute approximate surface area is 134 Å². The highest BCUT2D eigenvalue weighted by Gasteiger charge is 2.12. The van der Waals surface area contributed by atoms with E-state index < -0.39 is 5.97 Å². The molecule has 108 valence electrons. The minimum Gasteiger partial charge on any atom is -0.478 e. The van der Waals surface area contributed by atoms with Gasteiger partial charge in [0.2, 0.25) is 0 Å². The second kappa shape index (κ2) is 4.83. The molecular weight excluding hydrogens is 320 g/mol.